The van der Waals surface area contributed by atoms with Crippen LogP contribution in [-0.2, 0) is 33.4 Å². The van der Waals surface area contributed by atoms with Crippen molar-refractivity contribution < 1.29 is 33.4 Å². The van der Waals surface area contributed by atoms with Crippen molar-refractivity contribution in [2.45, 2.75) is 127 Å². The minimum atomic E-state index is -1.17. The molecule has 0 radical (unpaired) electrons. The van der Waals surface area contributed by atoms with Gasteiger partial charge in [0.15, 0.2) is 0 Å². The van der Waals surface area contributed by atoms with Gasteiger partial charge in [0.05, 0.1) is 12.7 Å². The van der Waals surface area contributed by atoms with Gasteiger partial charge in [-0.05, 0) is 77.0 Å². The first-order valence-electron chi connectivity index (χ1n) is 16.2. The SMILES string of the molecule is CCC12CCCC(CCC=CC=C/C=C/CCCC(=O)CC/C=C\CC(=O)CCOC(=O)C3CCCCN3C(=O)C1=O)O2. The molecule has 0 spiro atoms. The lowest BCUT2D eigenvalue weighted by molar-refractivity contribution is -0.177. The van der Waals surface area contributed by atoms with Gasteiger partial charge in [0.2, 0.25) is 0 Å². The van der Waals surface area contributed by atoms with Gasteiger partial charge in [-0.2, -0.15) is 0 Å². The smallest absolute Gasteiger partial charge is 0.328 e. The molecule has 0 aromatic heterocycles. The number of ether oxygens (including phenoxy) is 2. The first-order chi connectivity index (χ1) is 20.9. The number of hydrogen-bond acceptors (Lipinski definition) is 7. The summed E-state index contributed by atoms with van der Waals surface area (Å²) in [6.45, 7) is 2.12. The first-order valence-corrected chi connectivity index (χ1v) is 16.2. The standard InChI is InChI=1S/C35H49NO7/c1-2-35-25-17-22-30(43-35)21-14-9-7-5-3-4-6-8-11-18-28(37)19-12-10-13-20-29(38)24-27-42-34(41)31-23-15-16-26-36(31)33(40)32(35)39/h3-7,9-10,13,30-31H,2,8,11-12,14-27H2,1H3/b5-3?,6-4+,9-7?,13-10-. The quantitative estimate of drug-likeness (QED) is 0.205. The lowest BCUT2D eigenvalue weighted by Crippen LogP contribution is -2.57. The Morgan fingerprint density at radius 3 is 2.35 bits per heavy atom. The van der Waals surface area contributed by atoms with Gasteiger partial charge in [-0.1, -0.05) is 55.5 Å². The van der Waals surface area contributed by atoms with Crippen LogP contribution in [0.25, 0.3) is 0 Å². The van der Waals surface area contributed by atoms with Crippen molar-refractivity contribution in [1.29, 1.82) is 0 Å². The molecule has 0 saturated carbocycles. The van der Waals surface area contributed by atoms with Gasteiger partial charge in [-0.15, -0.1) is 0 Å². The summed E-state index contributed by atoms with van der Waals surface area (Å²) in [6, 6.07) is -0.838. The van der Waals surface area contributed by atoms with E-state index in [0.717, 1.165) is 44.9 Å². The van der Waals surface area contributed by atoms with Gasteiger partial charge in [0.1, 0.15) is 23.2 Å². The highest BCUT2D eigenvalue weighted by atomic mass is 16.5. The number of carbonyl (C=O) groups is 5. The van der Waals surface area contributed by atoms with Crippen LogP contribution in [0.2, 0.25) is 0 Å². The van der Waals surface area contributed by atoms with Crippen LogP contribution >= 0.6 is 0 Å². The number of fused-ring (bicyclic) bond motifs is 3. The van der Waals surface area contributed by atoms with Gasteiger partial charge >= 0.3 is 5.97 Å². The first kappa shape index (κ1) is 34.4. The number of rotatable bonds is 1. The van der Waals surface area contributed by atoms with E-state index in [0.29, 0.717) is 51.5 Å². The molecule has 3 heterocycles. The Labute approximate surface area is 256 Å². The van der Waals surface area contributed by atoms with Gasteiger partial charge in [0.25, 0.3) is 11.7 Å². The summed E-state index contributed by atoms with van der Waals surface area (Å²) in [5.74, 6) is -1.68. The summed E-state index contributed by atoms with van der Waals surface area (Å²) in [4.78, 5) is 66.0. The molecule has 1 amide bonds. The van der Waals surface area contributed by atoms with E-state index in [1.807, 2.05) is 37.3 Å². The second-order valence-corrected chi connectivity index (χ2v) is 11.7. The number of allylic oxidation sites excluding steroid dienone is 8. The highest BCUT2D eigenvalue weighted by Gasteiger charge is 2.48. The largest absolute Gasteiger partial charge is 0.464 e. The van der Waals surface area contributed by atoms with Crippen LogP contribution < -0.4 is 0 Å². The summed E-state index contributed by atoms with van der Waals surface area (Å²) in [5.41, 5.74) is -1.17. The average Bonchev–Trinajstić information content (AvgIpc) is 3.02. The number of carbonyl (C=O) groups excluding carboxylic acids is 5. The van der Waals surface area contributed by atoms with Crippen molar-refractivity contribution >= 4 is 29.2 Å². The zero-order valence-corrected chi connectivity index (χ0v) is 25.8. The van der Waals surface area contributed by atoms with E-state index in [1.54, 1.807) is 6.08 Å². The Kier molecular flexibility index (Phi) is 14.8. The third-order valence-corrected chi connectivity index (χ3v) is 8.53. The Hall–Kier alpha value is -3.13. The van der Waals surface area contributed by atoms with Crippen LogP contribution in [0, 0.1) is 0 Å². The fraction of sp³-hybridized carbons (Fsp3) is 0.629. The highest BCUT2D eigenvalue weighted by molar-refractivity contribution is 6.39. The number of amides is 1. The van der Waals surface area contributed by atoms with E-state index < -0.39 is 29.3 Å². The van der Waals surface area contributed by atoms with Crippen molar-refractivity contribution in [3.63, 3.8) is 0 Å². The summed E-state index contributed by atoms with van der Waals surface area (Å²) in [7, 11) is 0. The fourth-order valence-corrected chi connectivity index (χ4v) is 5.93. The molecule has 0 aromatic carbocycles. The molecule has 8 heteroatoms. The van der Waals surface area contributed by atoms with Crippen molar-refractivity contribution in [1.82, 2.24) is 4.90 Å². The monoisotopic (exact) mass is 595 g/mol. The van der Waals surface area contributed by atoms with Crippen LogP contribution in [0.1, 0.15) is 110 Å². The van der Waals surface area contributed by atoms with Gasteiger partial charge < -0.3 is 14.4 Å². The molecule has 0 aromatic rings. The fourth-order valence-electron chi connectivity index (χ4n) is 5.93. The van der Waals surface area contributed by atoms with E-state index >= 15 is 0 Å². The molecule has 8 nitrogen and oxygen atoms in total. The molecule has 2 saturated heterocycles. The molecule has 3 unspecified atom stereocenters. The highest BCUT2D eigenvalue weighted by Crippen LogP contribution is 2.35. The average molecular weight is 596 g/mol. The minimum Gasteiger partial charge on any atom is -0.464 e. The molecule has 3 atom stereocenters. The number of cyclic esters (lactones) is 1. The van der Waals surface area contributed by atoms with Crippen molar-refractivity contribution in [2.24, 2.45) is 0 Å². The lowest BCUT2D eigenvalue weighted by atomic mass is 9.83. The Morgan fingerprint density at radius 2 is 1.56 bits per heavy atom. The Bertz CT molecular complexity index is 1090. The van der Waals surface area contributed by atoms with Gasteiger partial charge in [0, 0.05) is 32.2 Å². The summed E-state index contributed by atoms with van der Waals surface area (Å²) >= 11 is 0. The topological polar surface area (TPSA) is 107 Å². The number of piperidine rings is 1. The van der Waals surface area contributed by atoms with E-state index in [2.05, 4.69) is 12.2 Å². The molecule has 0 N–H and O–H groups in total. The van der Waals surface area contributed by atoms with E-state index in [1.165, 1.54) is 4.90 Å². The molecule has 43 heavy (non-hydrogen) atoms. The van der Waals surface area contributed by atoms with Crippen LogP contribution in [0.5, 0.6) is 0 Å². The number of esters is 1. The van der Waals surface area contributed by atoms with Crippen molar-refractivity contribution in [2.75, 3.05) is 13.2 Å². The molecule has 3 aliphatic heterocycles. The van der Waals surface area contributed by atoms with E-state index in [9.17, 15) is 24.0 Å². The number of hydrogen-bond donors (Lipinski definition) is 0. The van der Waals surface area contributed by atoms with Crippen molar-refractivity contribution in [3.05, 3.63) is 48.6 Å². The zero-order valence-electron chi connectivity index (χ0n) is 25.8. The predicted molar refractivity (Wildman–Crippen MR) is 165 cm³/mol. The molecule has 3 aliphatic rings. The number of Topliss-reactive ketones (excluding diaryl/α,β-unsaturated/α-hetero) is 3. The molecule has 2 bridgehead atoms. The van der Waals surface area contributed by atoms with Crippen LogP contribution in [0.4, 0.5) is 0 Å². The minimum absolute atomic E-state index is 0.0701. The summed E-state index contributed by atoms with van der Waals surface area (Å²) in [5, 5.41) is 0. The lowest BCUT2D eigenvalue weighted by Gasteiger charge is -2.41. The second kappa shape index (κ2) is 18.5. The van der Waals surface area contributed by atoms with Crippen LogP contribution in [0.15, 0.2) is 48.6 Å². The maximum absolute atomic E-state index is 13.7. The molecular weight excluding hydrogens is 546 g/mol. The summed E-state index contributed by atoms with van der Waals surface area (Å²) < 4.78 is 11.8. The normalized spacial score (nSPS) is 30.0. The molecule has 0 aliphatic carbocycles. The molecular formula is C35H49NO7. The maximum Gasteiger partial charge on any atom is 0.328 e. The summed E-state index contributed by atoms with van der Waals surface area (Å²) in [6.07, 6.45) is 25.0. The van der Waals surface area contributed by atoms with Gasteiger partial charge in [-0.3, -0.25) is 19.2 Å². The maximum atomic E-state index is 13.7. The third-order valence-electron chi connectivity index (χ3n) is 8.53. The predicted octanol–water partition coefficient (Wildman–Crippen LogP) is 6.09. The Morgan fingerprint density at radius 1 is 0.767 bits per heavy atom. The third kappa shape index (κ3) is 11.1. The molecule has 3 rings (SSSR count). The van der Waals surface area contributed by atoms with Crippen molar-refractivity contribution in [3.8, 4) is 0 Å². The van der Waals surface area contributed by atoms with Gasteiger partial charge in [-0.25, -0.2) is 4.79 Å². The molecule has 236 valence electrons. The Balaban J connectivity index is 1.68. The molecule has 2 fully saturated rings. The van der Waals surface area contributed by atoms with E-state index in [4.69, 9.17) is 9.47 Å². The number of nitrogens with zero attached hydrogens (tertiary/aromatic N) is 1. The van der Waals surface area contributed by atoms with E-state index in [-0.39, 0.29) is 37.1 Å². The zero-order chi connectivity index (χ0) is 30.9. The van der Waals surface area contributed by atoms with Crippen LogP contribution in [-0.4, -0.2) is 65.0 Å². The van der Waals surface area contributed by atoms with Crippen LogP contribution in [0.3, 0.4) is 0 Å². The number of ketones is 3. The second-order valence-electron chi connectivity index (χ2n) is 11.7.